The second-order valence-electron chi connectivity index (χ2n) is 4.83. The van der Waals surface area contributed by atoms with Crippen molar-refractivity contribution in [3.63, 3.8) is 0 Å². The smallest absolute Gasteiger partial charge is 0.0785 e. The minimum absolute atomic E-state index is 0.136. The van der Waals surface area contributed by atoms with E-state index >= 15 is 0 Å². The predicted molar refractivity (Wildman–Crippen MR) is 78.7 cm³/mol. The Kier molecular flexibility index (Phi) is 3.38. The van der Waals surface area contributed by atoms with E-state index in [2.05, 4.69) is 16.5 Å². The first-order valence-corrected chi connectivity index (χ1v) is 8.17. The fourth-order valence-electron chi connectivity index (χ4n) is 2.57. The summed E-state index contributed by atoms with van der Waals surface area (Å²) < 4.78 is 17.6. The van der Waals surface area contributed by atoms with Crippen LogP contribution in [0.5, 0.6) is 0 Å². The summed E-state index contributed by atoms with van der Waals surface area (Å²) in [5.74, 6) is 0. The molecule has 1 aliphatic heterocycles. The first-order valence-electron chi connectivity index (χ1n) is 6.60. The molecular weight excluding hydrogens is 254 g/mol. The van der Waals surface area contributed by atoms with E-state index in [0.717, 1.165) is 17.7 Å². The molecule has 1 heterocycles. The second kappa shape index (κ2) is 5.17. The minimum atomic E-state index is -2.25. The molecule has 0 N–H and O–H groups in total. The molecule has 2 atom stereocenters. The third-order valence-electron chi connectivity index (χ3n) is 3.57. The van der Waals surface area contributed by atoms with Crippen LogP contribution in [-0.2, 0) is 16.1 Å². The Balaban J connectivity index is 1.92. The monoisotopic (exact) mass is 271 g/mol. The predicted octanol–water partition coefficient (Wildman–Crippen LogP) is 3.53. The summed E-state index contributed by atoms with van der Waals surface area (Å²) in [5.41, 5.74) is 1.24. The van der Waals surface area contributed by atoms with Crippen LogP contribution in [-0.4, -0.2) is 16.0 Å². The van der Waals surface area contributed by atoms with Crippen molar-refractivity contribution in [2.24, 2.45) is 4.36 Å². The molecule has 0 bridgehead atoms. The molecule has 0 aliphatic carbocycles. The zero-order valence-corrected chi connectivity index (χ0v) is 11.6. The molecule has 0 fully saturated rings. The molecule has 0 unspecified atom stereocenters. The van der Waals surface area contributed by atoms with Gasteiger partial charge in [0, 0.05) is 11.4 Å². The Morgan fingerprint density at radius 1 is 1.00 bits per heavy atom. The number of nitrogens with zero attached hydrogens (tertiary/aromatic N) is 1. The first kappa shape index (κ1) is 12.4. The van der Waals surface area contributed by atoms with Gasteiger partial charge < -0.3 is 0 Å². The molecule has 19 heavy (non-hydrogen) atoms. The SMILES string of the molecule is O=[S@@]1(c2ccccc2)=NCC[C@H]1Cc1ccccc1. The van der Waals surface area contributed by atoms with Crippen LogP contribution >= 0.6 is 0 Å². The van der Waals surface area contributed by atoms with Gasteiger partial charge in [-0.3, -0.25) is 0 Å². The number of hydrogen-bond donors (Lipinski definition) is 0. The summed E-state index contributed by atoms with van der Waals surface area (Å²) in [6.45, 7) is 0.714. The van der Waals surface area contributed by atoms with E-state index in [1.807, 2.05) is 48.5 Å². The standard InChI is InChI=1S/C16H17NOS/c18-19(15-9-5-2-6-10-15)16(11-12-17-19)13-14-7-3-1-4-8-14/h1-10,16H,11-13H2/t16-,19+/m0/s1. The average molecular weight is 271 g/mol. The van der Waals surface area contributed by atoms with Crippen LogP contribution in [0.25, 0.3) is 0 Å². The number of benzene rings is 2. The van der Waals surface area contributed by atoms with E-state index in [9.17, 15) is 4.21 Å². The molecule has 1 aliphatic rings. The van der Waals surface area contributed by atoms with Gasteiger partial charge in [-0.1, -0.05) is 48.5 Å². The van der Waals surface area contributed by atoms with Crippen molar-refractivity contribution in [2.45, 2.75) is 23.0 Å². The van der Waals surface area contributed by atoms with Gasteiger partial charge in [-0.05, 0) is 30.5 Å². The van der Waals surface area contributed by atoms with Crippen LogP contribution in [0.15, 0.2) is 69.9 Å². The normalized spacial score (nSPS) is 26.0. The van der Waals surface area contributed by atoms with E-state index in [-0.39, 0.29) is 5.25 Å². The maximum atomic E-state index is 13.2. The van der Waals surface area contributed by atoms with Crippen LogP contribution in [0.4, 0.5) is 0 Å². The van der Waals surface area contributed by atoms with Crippen molar-refractivity contribution in [1.82, 2.24) is 0 Å². The lowest BCUT2D eigenvalue weighted by molar-refractivity contribution is 0.663. The quantitative estimate of drug-likeness (QED) is 0.839. The lowest BCUT2D eigenvalue weighted by atomic mass is 10.1. The Bertz CT molecular complexity index is 658. The summed E-state index contributed by atoms with van der Waals surface area (Å²) >= 11 is 0. The van der Waals surface area contributed by atoms with Gasteiger partial charge >= 0.3 is 0 Å². The third-order valence-corrected chi connectivity index (χ3v) is 6.39. The molecule has 2 aromatic rings. The highest BCUT2D eigenvalue weighted by Gasteiger charge is 2.29. The Labute approximate surface area is 114 Å². The maximum Gasteiger partial charge on any atom is 0.0785 e. The lowest BCUT2D eigenvalue weighted by Gasteiger charge is -2.15. The van der Waals surface area contributed by atoms with Crippen molar-refractivity contribution < 1.29 is 4.21 Å². The van der Waals surface area contributed by atoms with Crippen molar-refractivity contribution in [3.05, 3.63) is 66.2 Å². The summed E-state index contributed by atoms with van der Waals surface area (Å²) in [6, 6.07) is 20.0. The highest BCUT2D eigenvalue weighted by molar-refractivity contribution is 7.94. The molecule has 3 rings (SSSR count). The van der Waals surface area contributed by atoms with Gasteiger partial charge in [0.2, 0.25) is 0 Å². The molecule has 0 radical (unpaired) electrons. The number of hydrogen-bond acceptors (Lipinski definition) is 2. The van der Waals surface area contributed by atoms with Crippen molar-refractivity contribution in [2.75, 3.05) is 6.54 Å². The van der Waals surface area contributed by atoms with Crippen LogP contribution in [0.1, 0.15) is 12.0 Å². The fraction of sp³-hybridized carbons (Fsp3) is 0.250. The summed E-state index contributed by atoms with van der Waals surface area (Å²) in [5, 5.41) is 0.136. The fourth-order valence-corrected chi connectivity index (χ4v) is 5.08. The summed E-state index contributed by atoms with van der Waals surface area (Å²) in [4.78, 5) is 0.883. The van der Waals surface area contributed by atoms with Gasteiger partial charge in [-0.25, -0.2) is 8.57 Å². The topological polar surface area (TPSA) is 29.4 Å². The molecule has 0 spiro atoms. The van der Waals surface area contributed by atoms with Gasteiger partial charge in [-0.15, -0.1) is 0 Å². The molecule has 0 aromatic heterocycles. The van der Waals surface area contributed by atoms with Gasteiger partial charge in [-0.2, -0.15) is 0 Å². The Morgan fingerprint density at radius 2 is 1.63 bits per heavy atom. The third kappa shape index (κ3) is 2.43. The van der Waals surface area contributed by atoms with E-state index in [1.165, 1.54) is 5.56 Å². The van der Waals surface area contributed by atoms with Gasteiger partial charge in [0.25, 0.3) is 0 Å². The van der Waals surface area contributed by atoms with E-state index in [1.54, 1.807) is 0 Å². The molecule has 2 aromatic carbocycles. The van der Waals surface area contributed by atoms with Gasteiger partial charge in [0.1, 0.15) is 0 Å². The molecule has 2 nitrogen and oxygen atoms in total. The van der Waals surface area contributed by atoms with Crippen LogP contribution in [0.3, 0.4) is 0 Å². The van der Waals surface area contributed by atoms with Gasteiger partial charge in [0.15, 0.2) is 0 Å². The van der Waals surface area contributed by atoms with Gasteiger partial charge in [0.05, 0.1) is 15.0 Å². The zero-order chi connectivity index (χ0) is 13.1. The highest BCUT2D eigenvalue weighted by Crippen LogP contribution is 2.28. The van der Waals surface area contributed by atoms with Crippen molar-refractivity contribution in [1.29, 1.82) is 0 Å². The Morgan fingerprint density at radius 3 is 2.32 bits per heavy atom. The number of rotatable bonds is 3. The average Bonchev–Trinajstić information content (AvgIpc) is 2.84. The maximum absolute atomic E-state index is 13.2. The van der Waals surface area contributed by atoms with E-state index in [0.29, 0.717) is 6.54 Å². The van der Waals surface area contributed by atoms with Crippen LogP contribution in [0.2, 0.25) is 0 Å². The minimum Gasteiger partial charge on any atom is -0.244 e. The highest BCUT2D eigenvalue weighted by atomic mass is 32.2. The second-order valence-corrected chi connectivity index (χ2v) is 7.37. The Hall–Kier alpha value is -1.61. The molecule has 0 saturated carbocycles. The van der Waals surface area contributed by atoms with Crippen LogP contribution < -0.4 is 0 Å². The molecule has 0 amide bonds. The molecule has 3 heteroatoms. The van der Waals surface area contributed by atoms with Crippen molar-refractivity contribution >= 4 is 9.73 Å². The zero-order valence-electron chi connectivity index (χ0n) is 10.7. The molecule has 98 valence electrons. The van der Waals surface area contributed by atoms with Crippen molar-refractivity contribution in [3.8, 4) is 0 Å². The lowest BCUT2D eigenvalue weighted by Crippen LogP contribution is -2.19. The van der Waals surface area contributed by atoms with E-state index < -0.39 is 9.73 Å². The summed E-state index contributed by atoms with van der Waals surface area (Å²) in [7, 11) is -2.25. The van der Waals surface area contributed by atoms with Crippen LogP contribution in [0, 0.1) is 0 Å². The van der Waals surface area contributed by atoms with E-state index in [4.69, 9.17) is 0 Å². The first-order chi connectivity index (χ1) is 9.29. The molecular formula is C16H17NOS. The summed E-state index contributed by atoms with van der Waals surface area (Å²) in [6.07, 6.45) is 1.76. The molecule has 0 saturated heterocycles. The largest absolute Gasteiger partial charge is 0.244 e.